The fourth-order valence-electron chi connectivity index (χ4n) is 7.76. The minimum Gasteiger partial charge on any atom is -0.507 e. The van der Waals surface area contributed by atoms with Gasteiger partial charge in [-0.1, -0.05) is 45.9 Å². The number of aromatic hydroxyl groups is 3. The number of Topliss-reactive ketones (excluding diaryl/α,β-unsaturated/α-hetero) is 1. The Balaban J connectivity index is 1.69. The average Bonchev–Trinajstić information content (AvgIpc) is 3.48. The number of ether oxygens (including phenoxy) is 5. The number of allylic oxidation sites excluding steroid dienone is 2. The predicted octanol–water partition coefficient (Wildman–Crippen LogP) is 4.45. The highest BCUT2D eigenvalue weighted by atomic mass is 16.7. The number of carbonyl (C=O) groups is 3. The second kappa shape index (κ2) is 18.8. The minimum absolute atomic E-state index is 0.0306. The number of morpholine rings is 1. The van der Waals surface area contributed by atoms with E-state index in [1.165, 1.54) is 59.6 Å². The van der Waals surface area contributed by atoms with Crippen molar-refractivity contribution in [2.45, 2.75) is 85.6 Å². The van der Waals surface area contributed by atoms with E-state index in [9.17, 15) is 39.9 Å². The summed E-state index contributed by atoms with van der Waals surface area (Å²) in [6.07, 6.45) is 6.00. The van der Waals surface area contributed by atoms with Crippen LogP contribution in [0.25, 0.3) is 10.8 Å². The molecule has 0 radical (unpaired) electrons. The van der Waals surface area contributed by atoms with Crippen LogP contribution >= 0.6 is 0 Å². The third-order valence-corrected chi connectivity index (χ3v) is 11.5. The van der Waals surface area contributed by atoms with Gasteiger partial charge < -0.3 is 59.4 Å². The highest BCUT2D eigenvalue weighted by Gasteiger charge is 2.50. The molecule has 1 saturated heterocycles. The van der Waals surface area contributed by atoms with Crippen molar-refractivity contribution < 1.29 is 63.6 Å². The number of ketones is 1. The van der Waals surface area contributed by atoms with Gasteiger partial charge in [0.2, 0.25) is 0 Å². The smallest absolute Gasteiger partial charge is 0.312 e. The largest absolute Gasteiger partial charge is 0.507 e. The second-order valence-corrected chi connectivity index (χ2v) is 15.7. The number of hydrogen-bond donors (Lipinski definition) is 6. The van der Waals surface area contributed by atoms with Gasteiger partial charge in [0.05, 0.1) is 66.2 Å². The summed E-state index contributed by atoms with van der Waals surface area (Å²) in [6, 6.07) is 0. The number of hydrogen-bond acceptors (Lipinski definition) is 15. The Kier molecular flexibility index (Phi) is 14.3. The Hall–Kier alpha value is -5.49. The number of carbonyl (C=O) groups excluding carboxylic acids is 3. The lowest BCUT2D eigenvalue weighted by molar-refractivity contribution is -0.160. The van der Waals surface area contributed by atoms with Crippen LogP contribution in [0.1, 0.15) is 70.0 Å². The molecule has 326 valence electrons. The van der Waals surface area contributed by atoms with Crippen molar-refractivity contribution in [3.05, 3.63) is 52.8 Å². The maximum absolute atomic E-state index is 14.4. The van der Waals surface area contributed by atoms with Crippen LogP contribution in [0.3, 0.4) is 0 Å². The monoisotopic (exact) mass is 836 g/mol. The zero-order valence-corrected chi connectivity index (χ0v) is 35.3. The molecule has 4 aliphatic heterocycles. The van der Waals surface area contributed by atoms with E-state index in [4.69, 9.17) is 23.7 Å². The van der Waals surface area contributed by atoms with E-state index in [0.29, 0.717) is 26.3 Å². The summed E-state index contributed by atoms with van der Waals surface area (Å²) in [5, 5.41) is 68.4. The molecule has 4 aliphatic rings. The van der Waals surface area contributed by atoms with E-state index in [0.717, 1.165) is 6.21 Å². The molecular weight excluding hydrogens is 780 g/mol. The van der Waals surface area contributed by atoms with E-state index in [1.807, 2.05) is 4.90 Å². The van der Waals surface area contributed by atoms with Crippen molar-refractivity contribution in [1.29, 1.82) is 0 Å². The van der Waals surface area contributed by atoms with Crippen molar-refractivity contribution in [3.63, 3.8) is 0 Å². The number of benzene rings is 2. The van der Waals surface area contributed by atoms with Gasteiger partial charge in [-0.25, -0.2) is 0 Å². The first-order valence-electron chi connectivity index (χ1n) is 19.8. The summed E-state index contributed by atoms with van der Waals surface area (Å²) in [5.74, 6) is -8.68. The molecule has 0 unspecified atom stereocenters. The molecule has 5 bridgehead atoms. The summed E-state index contributed by atoms with van der Waals surface area (Å²) in [4.78, 5) is 42.3. The molecule has 6 rings (SSSR count). The predicted molar refractivity (Wildman–Crippen MR) is 222 cm³/mol. The Labute approximate surface area is 348 Å². The number of methoxy groups -OCH3 is 1. The Morgan fingerprint density at radius 3 is 2.28 bits per heavy atom. The van der Waals surface area contributed by atoms with Gasteiger partial charge in [0.25, 0.3) is 11.7 Å². The maximum Gasteiger partial charge on any atom is 0.312 e. The van der Waals surface area contributed by atoms with Crippen LogP contribution in [0.5, 0.6) is 23.0 Å². The van der Waals surface area contributed by atoms with E-state index in [-0.39, 0.29) is 44.5 Å². The molecule has 2 aromatic rings. The number of anilines is 1. The number of nitrogens with zero attached hydrogens (tertiary/aromatic N) is 3. The Bertz CT molecular complexity index is 2120. The third kappa shape index (κ3) is 9.13. The molecule has 60 heavy (non-hydrogen) atoms. The highest BCUT2D eigenvalue weighted by Crippen LogP contribution is 2.55. The molecule has 1 amide bonds. The molecule has 1 fully saturated rings. The fourth-order valence-corrected chi connectivity index (χ4v) is 7.76. The fraction of sp³-hybridized carbons (Fsp3) is 0.512. The maximum atomic E-state index is 14.4. The first-order valence-corrected chi connectivity index (χ1v) is 19.8. The van der Waals surface area contributed by atoms with Crippen molar-refractivity contribution in [2.75, 3.05) is 38.7 Å². The van der Waals surface area contributed by atoms with Gasteiger partial charge in [0.15, 0.2) is 5.75 Å². The number of aliphatic hydroxyl groups is 2. The Morgan fingerprint density at radius 1 is 0.950 bits per heavy atom. The van der Waals surface area contributed by atoms with Crippen LogP contribution in [-0.4, -0.2) is 124 Å². The molecule has 4 heterocycles. The number of nitrogens with one attached hydrogen (secondary N) is 1. The lowest BCUT2D eigenvalue weighted by Gasteiger charge is -2.38. The normalized spacial score (nSPS) is 31.5. The van der Waals surface area contributed by atoms with Crippen molar-refractivity contribution in [1.82, 2.24) is 4.90 Å². The van der Waals surface area contributed by atoms with E-state index < -0.39 is 88.8 Å². The summed E-state index contributed by atoms with van der Waals surface area (Å²) in [5.41, 5.74) is -0.624. The topological polar surface area (TPSA) is 238 Å². The zero-order chi connectivity index (χ0) is 44.2. The van der Waals surface area contributed by atoms with E-state index >= 15 is 0 Å². The first kappa shape index (κ1) is 45.6. The lowest BCUT2D eigenvalue weighted by Crippen LogP contribution is -2.46. The lowest BCUT2D eigenvalue weighted by atomic mass is 9.78. The number of rotatable bonds is 5. The van der Waals surface area contributed by atoms with Crippen LogP contribution in [0.4, 0.5) is 5.69 Å². The molecule has 17 heteroatoms. The number of amides is 1. The van der Waals surface area contributed by atoms with Gasteiger partial charge in [-0.15, -0.1) is 5.10 Å². The SMILES string of the molecule is CO[C@H]1/C=C/O[C@@]2(C)Oc3c(C)c(O)c4c(O)c(c(/C=N/N=C/N5CCOCC5)c(O)c4c3C2=O)NC(=O)/C(C)=C\C=C\[C@H](C)[C@H](O)[C@@H](C)[C@@H](O)[C@@H](C)[C@H](OC(C)=O)[C@@H]1C. The van der Waals surface area contributed by atoms with Gasteiger partial charge in [0, 0.05) is 74.2 Å². The zero-order valence-electron chi connectivity index (χ0n) is 35.3. The summed E-state index contributed by atoms with van der Waals surface area (Å²) >= 11 is 0. The van der Waals surface area contributed by atoms with Gasteiger partial charge >= 0.3 is 11.8 Å². The van der Waals surface area contributed by atoms with Crippen LogP contribution in [0, 0.1) is 30.6 Å². The molecule has 6 N–H and O–H groups in total. The first-order chi connectivity index (χ1) is 28.3. The van der Waals surface area contributed by atoms with Crippen LogP contribution in [-0.2, 0) is 28.5 Å². The van der Waals surface area contributed by atoms with E-state index in [1.54, 1.807) is 39.8 Å². The quantitative estimate of drug-likeness (QED) is 0.0610. The summed E-state index contributed by atoms with van der Waals surface area (Å²) in [6.45, 7) is 14.6. The van der Waals surface area contributed by atoms with Crippen LogP contribution < -0.4 is 10.1 Å². The number of fused-ring (bicyclic) bond motifs is 14. The molecule has 2 aromatic carbocycles. The number of phenols is 3. The molecule has 9 atom stereocenters. The van der Waals surface area contributed by atoms with Crippen LogP contribution in [0.2, 0.25) is 0 Å². The minimum atomic E-state index is -2.07. The summed E-state index contributed by atoms with van der Waals surface area (Å²) in [7, 11) is 1.43. The number of esters is 1. The van der Waals surface area contributed by atoms with Crippen molar-refractivity contribution in [2.24, 2.45) is 33.9 Å². The molecule has 0 aromatic heterocycles. The molecule has 0 aliphatic carbocycles. The standard InChI is InChI=1S/C43H56N4O13/c1-21-11-10-12-22(2)42(55)46-33-28(19-44-45-20-47-14-17-57-18-15-47)37(52)30-31(38(33)53)36(51)26(6)40-32(30)41(54)43(8,60-40)58-16-13-29(56-9)23(3)39(59-27(7)48)25(5)35(50)24(4)34(21)49/h10-13,16,19-21,23-25,29,34-35,39,49-53H,14-15,17-18H2,1-9H3,(H,46,55)/b11-10+,16-13+,22-12-,44-19+,45-20+/t21-,23+,24+,25+,29-,34-,35+,39+,43-/m0/s1. The molecule has 0 spiro atoms. The van der Waals surface area contributed by atoms with Gasteiger partial charge in [-0.05, 0) is 19.9 Å². The van der Waals surface area contributed by atoms with E-state index in [2.05, 4.69) is 15.5 Å². The second-order valence-electron chi connectivity index (χ2n) is 15.7. The molecular formula is C43H56N4O13. The molecule has 17 nitrogen and oxygen atoms in total. The number of phenolic OH excluding ortho intramolecular Hbond substituents is 3. The van der Waals surface area contributed by atoms with Gasteiger partial charge in [-0.3, -0.25) is 14.4 Å². The van der Waals surface area contributed by atoms with Crippen molar-refractivity contribution in [3.8, 4) is 23.0 Å². The van der Waals surface area contributed by atoms with Crippen molar-refractivity contribution >= 4 is 46.7 Å². The van der Waals surface area contributed by atoms with Crippen LogP contribution in [0.15, 0.2) is 46.3 Å². The average molecular weight is 837 g/mol. The van der Waals surface area contributed by atoms with Gasteiger partial charge in [0.1, 0.15) is 29.7 Å². The highest BCUT2D eigenvalue weighted by molar-refractivity contribution is 6.23. The molecule has 0 saturated carbocycles. The Morgan fingerprint density at radius 2 is 1.63 bits per heavy atom. The number of aliphatic hydroxyl groups excluding tert-OH is 2. The van der Waals surface area contributed by atoms with Gasteiger partial charge in [-0.2, -0.15) is 5.10 Å². The third-order valence-electron chi connectivity index (χ3n) is 11.5. The summed E-state index contributed by atoms with van der Waals surface area (Å²) < 4.78 is 28.9.